The highest BCUT2D eigenvalue weighted by molar-refractivity contribution is 5.96. The molecule has 3 heteroatoms. The average Bonchev–Trinajstić information content (AvgIpc) is 2.85. The summed E-state index contributed by atoms with van der Waals surface area (Å²) in [6, 6.07) is 6.20. The molecule has 2 fully saturated rings. The van der Waals surface area contributed by atoms with E-state index < -0.39 is 0 Å². The monoisotopic (exact) mass is 328 g/mol. The van der Waals surface area contributed by atoms with Crippen LogP contribution in [0.5, 0.6) is 0 Å². The van der Waals surface area contributed by atoms with Crippen molar-refractivity contribution in [2.45, 2.75) is 46.0 Å². The third-order valence-corrected chi connectivity index (χ3v) is 6.15. The number of nitrogens with zero attached hydrogens (tertiary/aromatic N) is 2. The molecule has 1 spiro atoms. The highest BCUT2D eigenvalue weighted by Gasteiger charge is 2.48. The predicted octanol–water partition coefficient (Wildman–Crippen LogP) is 3.89. The second kappa shape index (κ2) is 6.87. The summed E-state index contributed by atoms with van der Waals surface area (Å²) in [4.78, 5) is 17.6. The molecule has 1 aromatic carbocycles. The largest absolute Gasteiger partial charge is 0.338 e. The first-order valence-electron chi connectivity index (χ1n) is 9.42. The van der Waals surface area contributed by atoms with Crippen molar-refractivity contribution in [1.29, 1.82) is 0 Å². The first-order chi connectivity index (χ1) is 11.4. The summed E-state index contributed by atoms with van der Waals surface area (Å²) < 4.78 is 0. The molecule has 1 saturated carbocycles. The minimum absolute atomic E-state index is 0.235. The van der Waals surface area contributed by atoms with Crippen LogP contribution in [0.15, 0.2) is 18.2 Å². The van der Waals surface area contributed by atoms with Crippen LogP contribution >= 0.6 is 0 Å². The fourth-order valence-electron chi connectivity index (χ4n) is 4.93. The van der Waals surface area contributed by atoms with Crippen LogP contribution in [-0.4, -0.2) is 49.4 Å². The van der Waals surface area contributed by atoms with E-state index in [0.717, 1.165) is 30.8 Å². The highest BCUT2D eigenvalue weighted by atomic mass is 16.2. The van der Waals surface area contributed by atoms with Crippen molar-refractivity contribution in [2.75, 3.05) is 33.7 Å². The fraction of sp³-hybridized carbons (Fsp3) is 0.667. The summed E-state index contributed by atoms with van der Waals surface area (Å²) in [5.74, 6) is 0.848. The Hall–Kier alpha value is -1.35. The number of benzene rings is 1. The van der Waals surface area contributed by atoms with Gasteiger partial charge in [0.1, 0.15) is 0 Å². The van der Waals surface area contributed by atoms with Crippen molar-refractivity contribution in [2.24, 2.45) is 11.3 Å². The Morgan fingerprint density at radius 3 is 2.54 bits per heavy atom. The van der Waals surface area contributed by atoms with Gasteiger partial charge in [-0.25, -0.2) is 0 Å². The van der Waals surface area contributed by atoms with Crippen molar-refractivity contribution < 1.29 is 4.79 Å². The van der Waals surface area contributed by atoms with Gasteiger partial charge in [0.2, 0.25) is 0 Å². The number of hydrogen-bond donors (Lipinski definition) is 0. The van der Waals surface area contributed by atoms with Crippen LogP contribution in [0.2, 0.25) is 0 Å². The van der Waals surface area contributed by atoms with Gasteiger partial charge in [-0.1, -0.05) is 37.0 Å². The van der Waals surface area contributed by atoms with Crippen molar-refractivity contribution >= 4 is 5.91 Å². The number of likely N-dealkylation sites (tertiary alicyclic amines) is 1. The van der Waals surface area contributed by atoms with E-state index in [0.29, 0.717) is 11.3 Å². The van der Waals surface area contributed by atoms with Gasteiger partial charge < -0.3 is 9.80 Å². The maximum Gasteiger partial charge on any atom is 0.254 e. The van der Waals surface area contributed by atoms with E-state index in [4.69, 9.17) is 0 Å². The Kier molecular flexibility index (Phi) is 5.00. The Morgan fingerprint density at radius 2 is 1.92 bits per heavy atom. The molecule has 0 bridgehead atoms. The first kappa shape index (κ1) is 17.5. The number of aryl methyl sites for hydroxylation is 2. The van der Waals surface area contributed by atoms with Gasteiger partial charge in [0.05, 0.1) is 0 Å². The summed E-state index contributed by atoms with van der Waals surface area (Å²) in [7, 11) is 4.32. The lowest BCUT2D eigenvalue weighted by atomic mass is 9.67. The van der Waals surface area contributed by atoms with Crippen molar-refractivity contribution in [3.05, 3.63) is 34.9 Å². The third kappa shape index (κ3) is 3.37. The smallest absolute Gasteiger partial charge is 0.254 e. The Bertz CT molecular complexity index is 602. The van der Waals surface area contributed by atoms with Crippen molar-refractivity contribution in [3.8, 4) is 0 Å². The molecule has 3 rings (SSSR count). The number of rotatable bonds is 3. The molecule has 1 atom stereocenters. The number of carbonyl (C=O) groups excluding carboxylic acids is 1. The molecule has 1 saturated heterocycles. The zero-order chi connectivity index (χ0) is 17.3. The number of carbonyl (C=O) groups is 1. The molecule has 3 nitrogen and oxygen atoms in total. The van der Waals surface area contributed by atoms with Crippen LogP contribution in [-0.2, 0) is 0 Å². The Balaban J connectivity index is 1.82. The van der Waals surface area contributed by atoms with E-state index in [1.165, 1.54) is 37.7 Å². The van der Waals surface area contributed by atoms with Gasteiger partial charge >= 0.3 is 0 Å². The molecular weight excluding hydrogens is 296 g/mol. The second-order valence-corrected chi connectivity index (χ2v) is 8.39. The molecule has 1 aliphatic heterocycles. The molecule has 1 heterocycles. The van der Waals surface area contributed by atoms with Gasteiger partial charge in [-0.05, 0) is 63.7 Å². The Labute approximate surface area is 147 Å². The minimum atomic E-state index is 0.235. The topological polar surface area (TPSA) is 23.6 Å². The number of amides is 1. The normalized spacial score (nSPS) is 23.2. The predicted molar refractivity (Wildman–Crippen MR) is 99.4 cm³/mol. The zero-order valence-corrected chi connectivity index (χ0v) is 15.8. The molecule has 1 aromatic rings. The van der Waals surface area contributed by atoms with E-state index in [1.807, 2.05) is 6.07 Å². The van der Waals surface area contributed by atoms with E-state index in [-0.39, 0.29) is 5.91 Å². The molecule has 0 aromatic heterocycles. The molecule has 1 amide bonds. The second-order valence-electron chi connectivity index (χ2n) is 8.39. The maximum atomic E-state index is 13.1. The van der Waals surface area contributed by atoms with Gasteiger partial charge in [-0.15, -0.1) is 0 Å². The SMILES string of the molecule is Cc1ccc(C(=O)N2CC(CN(C)C)C3(CCCCC3)C2)c(C)c1. The highest BCUT2D eigenvalue weighted by Crippen LogP contribution is 2.48. The quantitative estimate of drug-likeness (QED) is 0.840. The summed E-state index contributed by atoms with van der Waals surface area (Å²) in [5, 5.41) is 0. The lowest BCUT2D eigenvalue weighted by Crippen LogP contribution is -2.38. The minimum Gasteiger partial charge on any atom is -0.338 e. The third-order valence-electron chi connectivity index (χ3n) is 6.15. The van der Waals surface area contributed by atoms with Gasteiger partial charge in [0.25, 0.3) is 5.91 Å². The molecule has 1 unspecified atom stereocenters. The van der Waals surface area contributed by atoms with E-state index in [2.05, 4.69) is 49.9 Å². The van der Waals surface area contributed by atoms with Gasteiger partial charge in [0.15, 0.2) is 0 Å². The molecular formula is C21H32N2O. The van der Waals surface area contributed by atoms with Gasteiger partial charge in [-0.2, -0.15) is 0 Å². The van der Waals surface area contributed by atoms with E-state index in [1.54, 1.807) is 0 Å². The fourth-order valence-corrected chi connectivity index (χ4v) is 4.93. The van der Waals surface area contributed by atoms with Gasteiger partial charge in [0, 0.05) is 25.2 Å². The van der Waals surface area contributed by atoms with Crippen molar-refractivity contribution in [3.63, 3.8) is 0 Å². The summed E-state index contributed by atoms with van der Waals surface area (Å²) >= 11 is 0. The van der Waals surface area contributed by atoms with E-state index in [9.17, 15) is 4.79 Å². The maximum absolute atomic E-state index is 13.1. The van der Waals surface area contributed by atoms with Crippen LogP contribution in [0.25, 0.3) is 0 Å². The first-order valence-corrected chi connectivity index (χ1v) is 9.42. The van der Waals surface area contributed by atoms with Crippen molar-refractivity contribution in [1.82, 2.24) is 9.80 Å². The summed E-state index contributed by atoms with van der Waals surface area (Å²) in [5.41, 5.74) is 3.57. The molecule has 1 aliphatic carbocycles. The zero-order valence-electron chi connectivity index (χ0n) is 15.8. The lowest BCUT2D eigenvalue weighted by Gasteiger charge is -2.39. The molecule has 132 valence electrons. The van der Waals surface area contributed by atoms with Crippen LogP contribution in [0.4, 0.5) is 0 Å². The molecule has 0 radical (unpaired) electrons. The number of hydrogen-bond acceptors (Lipinski definition) is 2. The van der Waals surface area contributed by atoms with Crippen LogP contribution in [0.3, 0.4) is 0 Å². The van der Waals surface area contributed by atoms with E-state index >= 15 is 0 Å². The summed E-state index contributed by atoms with van der Waals surface area (Å²) in [6.45, 7) is 7.11. The Morgan fingerprint density at radius 1 is 1.21 bits per heavy atom. The average molecular weight is 329 g/mol. The molecule has 0 N–H and O–H groups in total. The van der Waals surface area contributed by atoms with Crippen LogP contribution < -0.4 is 0 Å². The van der Waals surface area contributed by atoms with Crippen LogP contribution in [0, 0.1) is 25.2 Å². The lowest BCUT2D eigenvalue weighted by molar-refractivity contribution is 0.0754. The summed E-state index contributed by atoms with van der Waals surface area (Å²) in [6.07, 6.45) is 6.61. The molecule has 2 aliphatic rings. The standard InChI is InChI=1S/C21H32N2O/c1-16-8-9-19(17(2)12-16)20(24)23-14-18(13-22(3)4)21(15-23)10-6-5-7-11-21/h8-9,12,18H,5-7,10-11,13-15H2,1-4H3. The molecule has 24 heavy (non-hydrogen) atoms. The van der Waals surface area contributed by atoms with Gasteiger partial charge in [-0.3, -0.25) is 4.79 Å². The van der Waals surface area contributed by atoms with Crippen LogP contribution in [0.1, 0.15) is 53.6 Å².